The van der Waals surface area contributed by atoms with E-state index in [9.17, 15) is 0 Å². The third-order valence-electron chi connectivity index (χ3n) is 3.12. The third kappa shape index (κ3) is 1.20. The monoisotopic (exact) mass is 139 g/mol. The number of hydrogen-bond donors (Lipinski definition) is 1. The number of fused-ring (bicyclic) bond motifs is 1. The summed E-state index contributed by atoms with van der Waals surface area (Å²) >= 11 is 0. The summed E-state index contributed by atoms with van der Waals surface area (Å²) in [6.07, 6.45) is 6.84. The maximum Gasteiger partial charge on any atom is 0.0128 e. The maximum atomic E-state index is 6.09. The highest BCUT2D eigenvalue weighted by Crippen LogP contribution is 2.49. The van der Waals surface area contributed by atoms with E-state index in [0.717, 1.165) is 11.8 Å². The van der Waals surface area contributed by atoms with E-state index in [4.69, 9.17) is 5.73 Å². The van der Waals surface area contributed by atoms with Crippen LogP contribution in [0.5, 0.6) is 0 Å². The van der Waals surface area contributed by atoms with Crippen molar-refractivity contribution in [3.8, 4) is 0 Å². The largest absolute Gasteiger partial charge is 0.325 e. The van der Waals surface area contributed by atoms with E-state index in [1.807, 2.05) is 0 Å². The third-order valence-corrected chi connectivity index (χ3v) is 3.12. The maximum absolute atomic E-state index is 6.09. The van der Waals surface area contributed by atoms with Crippen LogP contribution in [0.4, 0.5) is 0 Å². The first-order valence-electron chi connectivity index (χ1n) is 4.46. The molecule has 0 aliphatic heterocycles. The molecule has 2 N–H and O–H groups in total. The molecule has 0 bridgehead atoms. The van der Waals surface area contributed by atoms with Crippen molar-refractivity contribution < 1.29 is 0 Å². The number of rotatable bonds is 0. The van der Waals surface area contributed by atoms with Gasteiger partial charge in [0.15, 0.2) is 0 Å². The van der Waals surface area contributed by atoms with Crippen LogP contribution in [0.1, 0.15) is 39.0 Å². The van der Waals surface area contributed by atoms with Gasteiger partial charge in [-0.1, -0.05) is 12.8 Å². The summed E-state index contributed by atoms with van der Waals surface area (Å²) in [6, 6.07) is 0. The van der Waals surface area contributed by atoms with E-state index >= 15 is 0 Å². The van der Waals surface area contributed by atoms with E-state index < -0.39 is 0 Å². The Hall–Kier alpha value is -0.0400. The van der Waals surface area contributed by atoms with Gasteiger partial charge in [-0.2, -0.15) is 0 Å². The Bertz CT molecular complexity index is 140. The fraction of sp³-hybridized carbons (Fsp3) is 1.00. The Morgan fingerprint density at radius 1 is 1.40 bits per heavy atom. The van der Waals surface area contributed by atoms with Gasteiger partial charge in [-0.3, -0.25) is 0 Å². The molecule has 2 fully saturated rings. The molecule has 0 saturated heterocycles. The average molecular weight is 139 g/mol. The molecule has 2 aliphatic rings. The summed E-state index contributed by atoms with van der Waals surface area (Å²) in [7, 11) is 0. The first-order chi connectivity index (χ1) is 4.67. The van der Waals surface area contributed by atoms with E-state index in [0.29, 0.717) is 0 Å². The summed E-state index contributed by atoms with van der Waals surface area (Å²) < 4.78 is 0. The molecule has 0 spiro atoms. The van der Waals surface area contributed by atoms with Crippen LogP contribution in [0.25, 0.3) is 0 Å². The molecule has 10 heavy (non-hydrogen) atoms. The van der Waals surface area contributed by atoms with Gasteiger partial charge >= 0.3 is 0 Å². The van der Waals surface area contributed by atoms with Gasteiger partial charge in [-0.15, -0.1) is 0 Å². The molecule has 3 atom stereocenters. The van der Waals surface area contributed by atoms with Gasteiger partial charge < -0.3 is 5.73 Å². The summed E-state index contributed by atoms with van der Waals surface area (Å²) in [6.45, 7) is 2.22. The Labute approximate surface area is 63.0 Å². The molecule has 0 radical (unpaired) electrons. The van der Waals surface area contributed by atoms with Gasteiger partial charge in [0.1, 0.15) is 0 Å². The Morgan fingerprint density at radius 2 is 2.20 bits per heavy atom. The second-order valence-corrected chi connectivity index (χ2v) is 4.51. The van der Waals surface area contributed by atoms with Crippen molar-refractivity contribution in [3.63, 3.8) is 0 Å². The summed E-state index contributed by atoms with van der Waals surface area (Å²) in [5.74, 6) is 2.09. The average Bonchev–Trinajstić information content (AvgIpc) is 2.42. The Kier molecular flexibility index (Phi) is 1.31. The van der Waals surface area contributed by atoms with Crippen LogP contribution in [0, 0.1) is 11.8 Å². The van der Waals surface area contributed by atoms with Crippen LogP contribution in [0.3, 0.4) is 0 Å². The molecule has 0 aromatic carbocycles. The van der Waals surface area contributed by atoms with Gasteiger partial charge in [0.25, 0.3) is 0 Å². The second kappa shape index (κ2) is 1.97. The minimum absolute atomic E-state index is 0.177. The minimum Gasteiger partial charge on any atom is -0.325 e. The normalized spacial score (nSPS) is 53.4. The summed E-state index contributed by atoms with van der Waals surface area (Å²) in [5.41, 5.74) is 6.27. The molecule has 0 aromatic heterocycles. The number of nitrogens with two attached hydrogens (primary N) is 1. The van der Waals surface area contributed by atoms with E-state index in [1.54, 1.807) is 0 Å². The quantitative estimate of drug-likeness (QED) is 0.545. The van der Waals surface area contributed by atoms with Crippen LogP contribution in [0.2, 0.25) is 0 Å². The SMILES string of the molecule is CC1(N)CCCC2CC2C1. The van der Waals surface area contributed by atoms with Crippen molar-refractivity contribution in [3.05, 3.63) is 0 Å². The van der Waals surface area contributed by atoms with Crippen molar-refractivity contribution in [2.75, 3.05) is 0 Å². The highest BCUT2D eigenvalue weighted by atomic mass is 14.7. The van der Waals surface area contributed by atoms with Crippen molar-refractivity contribution in [1.29, 1.82) is 0 Å². The molecule has 2 aliphatic carbocycles. The lowest BCUT2D eigenvalue weighted by Crippen LogP contribution is -2.35. The van der Waals surface area contributed by atoms with E-state index in [2.05, 4.69) is 6.92 Å². The van der Waals surface area contributed by atoms with Crippen LogP contribution in [-0.4, -0.2) is 5.54 Å². The predicted molar refractivity (Wildman–Crippen MR) is 42.7 cm³/mol. The van der Waals surface area contributed by atoms with Gasteiger partial charge in [0.2, 0.25) is 0 Å². The predicted octanol–water partition coefficient (Wildman–Crippen LogP) is 1.91. The minimum atomic E-state index is 0.177. The molecule has 0 aromatic rings. The van der Waals surface area contributed by atoms with Crippen LogP contribution < -0.4 is 5.73 Å². The van der Waals surface area contributed by atoms with Gasteiger partial charge in [-0.25, -0.2) is 0 Å². The lowest BCUT2D eigenvalue weighted by atomic mass is 9.92. The zero-order valence-corrected chi connectivity index (χ0v) is 6.77. The summed E-state index contributed by atoms with van der Waals surface area (Å²) in [4.78, 5) is 0. The molecule has 3 unspecified atom stereocenters. The molecule has 1 heteroatoms. The molecule has 2 rings (SSSR count). The molecular weight excluding hydrogens is 122 g/mol. The fourth-order valence-electron chi connectivity index (χ4n) is 2.38. The zero-order chi connectivity index (χ0) is 7.19. The van der Waals surface area contributed by atoms with Gasteiger partial charge in [0.05, 0.1) is 0 Å². The molecular formula is C9H17N. The van der Waals surface area contributed by atoms with E-state index in [-0.39, 0.29) is 5.54 Å². The Balaban J connectivity index is 2.00. The molecule has 0 amide bonds. The topological polar surface area (TPSA) is 26.0 Å². The highest BCUT2D eigenvalue weighted by molar-refractivity contribution is 4.96. The van der Waals surface area contributed by atoms with Crippen molar-refractivity contribution >= 4 is 0 Å². The van der Waals surface area contributed by atoms with Crippen molar-refractivity contribution in [2.24, 2.45) is 17.6 Å². The van der Waals surface area contributed by atoms with Crippen LogP contribution in [-0.2, 0) is 0 Å². The van der Waals surface area contributed by atoms with Gasteiger partial charge in [-0.05, 0) is 38.0 Å². The van der Waals surface area contributed by atoms with Crippen LogP contribution in [0.15, 0.2) is 0 Å². The molecule has 58 valence electrons. The zero-order valence-electron chi connectivity index (χ0n) is 6.77. The molecule has 0 heterocycles. The van der Waals surface area contributed by atoms with Crippen molar-refractivity contribution in [1.82, 2.24) is 0 Å². The van der Waals surface area contributed by atoms with Crippen LogP contribution >= 0.6 is 0 Å². The number of hydrogen-bond acceptors (Lipinski definition) is 1. The highest BCUT2D eigenvalue weighted by Gasteiger charge is 2.42. The summed E-state index contributed by atoms with van der Waals surface area (Å²) in [5, 5.41) is 0. The van der Waals surface area contributed by atoms with E-state index in [1.165, 1.54) is 32.1 Å². The standard InChI is InChI=1S/C9H17N/c1-9(10)4-2-3-7-5-8(7)6-9/h7-8H,2-6,10H2,1H3. The Morgan fingerprint density at radius 3 is 3.00 bits per heavy atom. The smallest absolute Gasteiger partial charge is 0.0128 e. The van der Waals surface area contributed by atoms with Crippen molar-refractivity contribution in [2.45, 2.75) is 44.6 Å². The second-order valence-electron chi connectivity index (χ2n) is 4.51. The first kappa shape index (κ1) is 6.66. The lowest BCUT2D eigenvalue weighted by Gasteiger charge is -2.22. The molecule has 1 nitrogen and oxygen atoms in total. The first-order valence-corrected chi connectivity index (χ1v) is 4.46. The van der Waals surface area contributed by atoms with Gasteiger partial charge in [0, 0.05) is 5.54 Å². The lowest BCUT2D eigenvalue weighted by molar-refractivity contribution is 0.388. The fourth-order valence-corrected chi connectivity index (χ4v) is 2.38. The molecule has 2 saturated carbocycles.